The number of hydrogen-bond donors (Lipinski definition) is 2. The lowest BCUT2D eigenvalue weighted by atomic mass is 10.1. The molecule has 5 nitrogen and oxygen atoms in total. The molecule has 0 unspecified atom stereocenters. The van der Waals surface area contributed by atoms with Gasteiger partial charge in [-0.05, 0) is 38.3 Å². The van der Waals surface area contributed by atoms with E-state index >= 15 is 0 Å². The van der Waals surface area contributed by atoms with Gasteiger partial charge in [-0.25, -0.2) is 9.97 Å². The Labute approximate surface area is 113 Å². The molecule has 1 fully saturated rings. The lowest BCUT2D eigenvalue weighted by Gasteiger charge is -2.23. The van der Waals surface area contributed by atoms with Gasteiger partial charge in [0.1, 0.15) is 6.10 Å². The maximum absolute atomic E-state index is 8.71. The first-order valence-corrected chi connectivity index (χ1v) is 6.68. The summed E-state index contributed by atoms with van der Waals surface area (Å²) in [6.45, 7) is 2.11. The standard InChI is InChI=1S/C14H19N3O2/c18-11-3-1-2-4-13-14(17-10-9-16-13)19-12-5-7-15-8-6-12/h9-10,12,15,18H,1,3,5-8,11H2. The summed E-state index contributed by atoms with van der Waals surface area (Å²) >= 11 is 0. The minimum absolute atomic E-state index is 0.160. The molecule has 1 saturated heterocycles. The van der Waals surface area contributed by atoms with E-state index in [0.29, 0.717) is 24.4 Å². The van der Waals surface area contributed by atoms with Crippen LogP contribution in [0, 0.1) is 11.8 Å². The van der Waals surface area contributed by atoms with E-state index in [1.807, 2.05) is 0 Å². The van der Waals surface area contributed by atoms with Gasteiger partial charge >= 0.3 is 0 Å². The van der Waals surface area contributed by atoms with Crippen molar-refractivity contribution < 1.29 is 9.84 Å². The molecule has 0 aromatic carbocycles. The largest absolute Gasteiger partial charge is 0.472 e. The fourth-order valence-electron chi connectivity index (χ4n) is 1.88. The number of aliphatic hydroxyl groups is 1. The van der Waals surface area contributed by atoms with E-state index in [9.17, 15) is 0 Å². The van der Waals surface area contributed by atoms with Crippen molar-refractivity contribution in [2.45, 2.75) is 31.8 Å². The molecule has 2 heterocycles. The zero-order valence-electron chi connectivity index (χ0n) is 10.9. The summed E-state index contributed by atoms with van der Waals surface area (Å²) in [5, 5.41) is 12.0. The van der Waals surface area contributed by atoms with Crippen LogP contribution in [-0.2, 0) is 0 Å². The van der Waals surface area contributed by atoms with Gasteiger partial charge in [-0.1, -0.05) is 5.92 Å². The zero-order valence-corrected chi connectivity index (χ0v) is 10.9. The SMILES string of the molecule is OCCCC#Cc1nccnc1OC1CCNCC1. The minimum Gasteiger partial charge on any atom is -0.472 e. The third-order valence-corrected chi connectivity index (χ3v) is 2.90. The molecule has 0 radical (unpaired) electrons. The Morgan fingerprint density at radius 3 is 2.89 bits per heavy atom. The summed E-state index contributed by atoms with van der Waals surface area (Å²) in [7, 11) is 0. The fourth-order valence-corrected chi connectivity index (χ4v) is 1.88. The third-order valence-electron chi connectivity index (χ3n) is 2.90. The average Bonchev–Trinajstić information content (AvgIpc) is 2.46. The Morgan fingerprint density at radius 2 is 2.11 bits per heavy atom. The van der Waals surface area contributed by atoms with Crippen molar-refractivity contribution >= 4 is 0 Å². The van der Waals surface area contributed by atoms with Crippen molar-refractivity contribution in [2.24, 2.45) is 0 Å². The predicted octanol–water partition coefficient (Wildman–Crippen LogP) is 0.731. The lowest BCUT2D eigenvalue weighted by Crippen LogP contribution is -2.34. The zero-order chi connectivity index (χ0) is 13.3. The topological polar surface area (TPSA) is 67.3 Å². The van der Waals surface area contributed by atoms with Crippen molar-refractivity contribution in [3.05, 3.63) is 18.1 Å². The molecule has 1 aliphatic rings. The molecule has 1 aromatic heterocycles. The lowest BCUT2D eigenvalue weighted by molar-refractivity contribution is 0.155. The summed E-state index contributed by atoms with van der Waals surface area (Å²) in [6.07, 6.45) is 6.72. The van der Waals surface area contributed by atoms with E-state index in [1.54, 1.807) is 12.4 Å². The molecule has 0 bridgehead atoms. The first-order chi connectivity index (χ1) is 9.40. The van der Waals surface area contributed by atoms with Gasteiger partial charge in [-0.3, -0.25) is 0 Å². The first-order valence-electron chi connectivity index (χ1n) is 6.68. The second kappa shape index (κ2) is 7.72. The molecule has 0 spiro atoms. The molecule has 0 amide bonds. The molecule has 1 aromatic rings. The maximum atomic E-state index is 8.71. The van der Waals surface area contributed by atoms with Gasteiger partial charge in [0.2, 0.25) is 5.88 Å². The molecular formula is C14H19N3O2. The van der Waals surface area contributed by atoms with Crippen LogP contribution >= 0.6 is 0 Å². The summed E-state index contributed by atoms with van der Waals surface area (Å²) in [5.74, 6) is 6.46. The number of hydrogen-bond acceptors (Lipinski definition) is 5. The van der Waals surface area contributed by atoms with Crippen molar-refractivity contribution in [1.82, 2.24) is 15.3 Å². The van der Waals surface area contributed by atoms with Crippen LogP contribution in [0.4, 0.5) is 0 Å². The smallest absolute Gasteiger partial charge is 0.249 e. The highest BCUT2D eigenvalue weighted by Gasteiger charge is 2.16. The van der Waals surface area contributed by atoms with Gasteiger partial charge in [-0.15, -0.1) is 0 Å². The van der Waals surface area contributed by atoms with Gasteiger partial charge in [-0.2, -0.15) is 0 Å². The van der Waals surface area contributed by atoms with Gasteiger partial charge < -0.3 is 15.2 Å². The predicted molar refractivity (Wildman–Crippen MR) is 71.7 cm³/mol. The minimum atomic E-state index is 0.160. The van der Waals surface area contributed by atoms with Gasteiger partial charge in [0, 0.05) is 25.4 Å². The van der Waals surface area contributed by atoms with E-state index in [0.717, 1.165) is 25.9 Å². The Hall–Kier alpha value is -1.64. The van der Waals surface area contributed by atoms with Crippen LogP contribution < -0.4 is 10.1 Å². The number of ether oxygens (including phenoxy) is 1. The Balaban J connectivity index is 2.00. The molecule has 0 aliphatic carbocycles. The third kappa shape index (κ3) is 4.51. The van der Waals surface area contributed by atoms with Crippen LogP contribution in [0.15, 0.2) is 12.4 Å². The Kier molecular flexibility index (Phi) is 5.60. The number of aromatic nitrogens is 2. The summed E-state index contributed by atoms with van der Waals surface area (Å²) in [4.78, 5) is 8.42. The highest BCUT2D eigenvalue weighted by Crippen LogP contribution is 2.16. The number of nitrogens with zero attached hydrogens (tertiary/aromatic N) is 2. The summed E-state index contributed by atoms with van der Waals surface area (Å²) in [5.41, 5.74) is 0.582. The molecule has 5 heteroatoms. The van der Waals surface area contributed by atoms with Gasteiger partial charge in [0.25, 0.3) is 0 Å². The molecular weight excluding hydrogens is 242 g/mol. The van der Waals surface area contributed by atoms with Gasteiger partial charge in [0.15, 0.2) is 5.69 Å². The molecule has 1 aliphatic heterocycles. The van der Waals surface area contributed by atoms with E-state index in [1.165, 1.54) is 0 Å². The molecule has 0 saturated carbocycles. The van der Waals surface area contributed by atoms with Crippen LogP contribution in [0.5, 0.6) is 5.88 Å². The van der Waals surface area contributed by atoms with Crippen molar-refractivity contribution in [2.75, 3.05) is 19.7 Å². The molecule has 0 atom stereocenters. The Bertz CT molecular complexity index is 447. The molecule has 102 valence electrons. The Morgan fingerprint density at radius 1 is 1.32 bits per heavy atom. The number of nitrogens with one attached hydrogen (secondary N) is 1. The van der Waals surface area contributed by atoms with E-state index in [-0.39, 0.29) is 12.7 Å². The highest BCUT2D eigenvalue weighted by atomic mass is 16.5. The molecule has 19 heavy (non-hydrogen) atoms. The molecule has 2 N–H and O–H groups in total. The fraction of sp³-hybridized carbons (Fsp3) is 0.571. The monoisotopic (exact) mass is 261 g/mol. The van der Waals surface area contributed by atoms with E-state index in [4.69, 9.17) is 9.84 Å². The number of unbranched alkanes of at least 4 members (excludes halogenated alkanes) is 1. The quantitative estimate of drug-likeness (QED) is 0.618. The van der Waals surface area contributed by atoms with E-state index < -0.39 is 0 Å². The normalized spacial score (nSPS) is 15.6. The molecule has 2 rings (SSSR count). The van der Waals surface area contributed by atoms with Crippen LogP contribution in [0.3, 0.4) is 0 Å². The van der Waals surface area contributed by atoms with Crippen molar-refractivity contribution in [3.8, 4) is 17.7 Å². The van der Waals surface area contributed by atoms with E-state index in [2.05, 4.69) is 27.1 Å². The van der Waals surface area contributed by atoms with Crippen LogP contribution in [0.2, 0.25) is 0 Å². The second-order valence-electron chi connectivity index (χ2n) is 4.41. The van der Waals surface area contributed by atoms with Crippen LogP contribution in [-0.4, -0.2) is 40.9 Å². The number of rotatable bonds is 4. The summed E-state index contributed by atoms with van der Waals surface area (Å²) < 4.78 is 5.88. The van der Waals surface area contributed by atoms with Gasteiger partial charge in [0.05, 0.1) is 0 Å². The van der Waals surface area contributed by atoms with Crippen molar-refractivity contribution in [3.63, 3.8) is 0 Å². The summed E-state index contributed by atoms with van der Waals surface area (Å²) in [6, 6.07) is 0. The van der Waals surface area contributed by atoms with Crippen LogP contribution in [0.1, 0.15) is 31.4 Å². The number of aliphatic hydroxyl groups excluding tert-OH is 1. The average molecular weight is 261 g/mol. The maximum Gasteiger partial charge on any atom is 0.249 e. The highest BCUT2D eigenvalue weighted by molar-refractivity contribution is 5.35. The number of piperidine rings is 1. The van der Waals surface area contributed by atoms with Crippen LogP contribution in [0.25, 0.3) is 0 Å². The van der Waals surface area contributed by atoms with Crippen molar-refractivity contribution in [1.29, 1.82) is 0 Å². The first kappa shape index (κ1) is 13.8. The second-order valence-corrected chi connectivity index (χ2v) is 4.41.